The first kappa shape index (κ1) is 10.7. The van der Waals surface area contributed by atoms with E-state index in [2.05, 4.69) is 25.5 Å². The lowest BCUT2D eigenvalue weighted by Crippen LogP contribution is -2.09. The SMILES string of the molecule is CC(Nc1nc(Cl)ncc1N)c1cn[nH]c1. The van der Waals surface area contributed by atoms with E-state index in [-0.39, 0.29) is 11.3 Å². The van der Waals surface area contributed by atoms with Crippen molar-refractivity contribution in [1.29, 1.82) is 0 Å². The minimum atomic E-state index is 0.0343. The molecule has 0 radical (unpaired) electrons. The number of nitrogen functional groups attached to an aromatic ring is 1. The maximum absolute atomic E-state index is 5.72. The highest BCUT2D eigenvalue weighted by molar-refractivity contribution is 6.28. The number of halogens is 1. The van der Waals surface area contributed by atoms with Crippen LogP contribution in [-0.4, -0.2) is 20.2 Å². The van der Waals surface area contributed by atoms with Gasteiger partial charge in [0.1, 0.15) is 0 Å². The maximum Gasteiger partial charge on any atom is 0.224 e. The molecule has 0 aliphatic heterocycles. The Bertz CT molecular complexity index is 469. The Kier molecular flexibility index (Phi) is 2.91. The van der Waals surface area contributed by atoms with Crippen LogP contribution in [0.4, 0.5) is 11.5 Å². The first-order valence-corrected chi connectivity index (χ1v) is 5.08. The van der Waals surface area contributed by atoms with Gasteiger partial charge in [-0.15, -0.1) is 0 Å². The lowest BCUT2D eigenvalue weighted by Gasteiger charge is -2.13. The lowest BCUT2D eigenvalue weighted by molar-refractivity contribution is 0.874. The van der Waals surface area contributed by atoms with Gasteiger partial charge in [0, 0.05) is 11.8 Å². The molecular weight excluding hydrogens is 228 g/mol. The molecule has 0 saturated heterocycles. The molecule has 0 spiro atoms. The topological polar surface area (TPSA) is 92.5 Å². The van der Waals surface area contributed by atoms with E-state index in [1.807, 2.05) is 6.92 Å². The predicted molar refractivity (Wildman–Crippen MR) is 62.1 cm³/mol. The summed E-state index contributed by atoms with van der Waals surface area (Å²) in [6, 6.07) is 0.0343. The maximum atomic E-state index is 5.72. The number of aromatic amines is 1. The summed E-state index contributed by atoms with van der Waals surface area (Å²) in [5.41, 5.74) is 7.19. The van der Waals surface area contributed by atoms with Gasteiger partial charge in [0.05, 0.1) is 24.1 Å². The molecule has 2 heterocycles. The number of nitrogens with one attached hydrogen (secondary N) is 2. The summed E-state index contributed by atoms with van der Waals surface area (Å²) in [7, 11) is 0. The van der Waals surface area contributed by atoms with Crippen molar-refractivity contribution in [2.45, 2.75) is 13.0 Å². The van der Waals surface area contributed by atoms with Crippen LogP contribution < -0.4 is 11.1 Å². The minimum absolute atomic E-state index is 0.0343. The van der Waals surface area contributed by atoms with Crippen molar-refractivity contribution in [3.63, 3.8) is 0 Å². The molecule has 0 fully saturated rings. The van der Waals surface area contributed by atoms with E-state index in [1.165, 1.54) is 6.20 Å². The van der Waals surface area contributed by atoms with Crippen molar-refractivity contribution in [3.8, 4) is 0 Å². The second-order valence-electron chi connectivity index (χ2n) is 3.34. The van der Waals surface area contributed by atoms with Crippen LogP contribution in [0.25, 0.3) is 0 Å². The molecule has 0 aromatic carbocycles. The summed E-state index contributed by atoms with van der Waals surface area (Å²) in [6.07, 6.45) is 5.01. The van der Waals surface area contributed by atoms with Gasteiger partial charge in [-0.05, 0) is 18.5 Å². The molecule has 1 atom stereocenters. The highest BCUT2D eigenvalue weighted by Gasteiger charge is 2.09. The number of nitrogens with zero attached hydrogens (tertiary/aromatic N) is 3. The highest BCUT2D eigenvalue weighted by atomic mass is 35.5. The molecule has 4 N–H and O–H groups in total. The van der Waals surface area contributed by atoms with Crippen LogP contribution in [0, 0.1) is 0 Å². The third-order valence-corrected chi connectivity index (χ3v) is 2.34. The largest absolute Gasteiger partial charge is 0.394 e. The Morgan fingerprint density at radius 2 is 2.31 bits per heavy atom. The zero-order valence-corrected chi connectivity index (χ0v) is 9.36. The number of rotatable bonds is 3. The molecule has 84 valence electrons. The summed E-state index contributed by atoms with van der Waals surface area (Å²) in [6.45, 7) is 1.97. The monoisotopic (exact) mass is 238 g/mol. The van der Waals surface area contributed by atoms with Gasteiger partial charge in [-0.3, -0.25) is 5.10 Å². The minimum Gasteiger partial charge on any atom is -0.394 e. The molecular formula is C9H11ClN6. The van der Waals surface area contributed by atoms with Gasteiger partial charge in [0.2, 0.25) is 5.28 Å². The third kappa shape index (κ3) is 2.22. The summed E-state index contributed by atoms with van der Waals surface area (Å²) in [4.78, 5) is 7.79. The van der Waals surface area contributed by atoms with E-state index < -0.39 is 0 Å². The van der Waals surface area contributed by atoms with Gasteiger partial charge in [-0.25, -0.2) is 4.98 Å². The van der Waals surface area contributed by atoms with Crippen molar-refractivity contribution in [2.24, 2.45) is 0 Å². The van der Waals surface area contributed by atoms with Crippen LogP contribution in [0.1, 0.15) is 18.5 Å². The molecule has 2 aromatic heterocycles. The van der Waals surface area contributed by atoms with Gasteiger partial charge < -0.3 is 11.1 Å². The van der Waals surface area contributed by atoms with E-state index >= 15 is 0 Å². The van der Waals surface area contributed by atoms with E-state index in [1.54, 1.807) is 12.4 Å². The van der Waals surface area contributed by atoms with Crippen LogP contribution in [-0.2, 0) is 0 Å². The average molecular weight is 239 g/mol. The Hall–Kier alpha value is -1.82. The lowest BCUT2D eigenvalue weighted by atomic mass is 10.2. The molecule has 0 saturated carbocycles. The zero-order valence-electron chi connectivity index (χ0n) is 8.61. The van der Waals surface area contributed by atoms with Crippen LogP contribution in [0.15, 0.2) is 18.6 Å². The molecule has 0 aliphatic carbocycles. The van der Waals surface area contributed by atoms with E-state index in [4.69, 9.17) is 17.3 Å². The molecule has 16 heavy (non-hydrogen) atoms. The number of nitrogens with two attached hydrogens (primary N) is 1. The Morgan fingerprint density at radius 1 is 1.50 bits per heavy atom. The number of aromatic nitrogens is 4. The number of anilines is 2. The fraction of sp³-hybridized carbons (Fsp3) is 0.222. The van der Waals surface area contributed by atoms with Gasteiger partial charge in [0.25, 0.3) is 0 Å². The van der Waals surface area contributed by atoms with Crippen molar-refractivity contribution in [2.75, 3.05) is 11.1 Å². The second kappa shape index (κ2) is 4.36. The predicted octanol–water partition coefficient (Wildman–Crippen LogP) is 1.61. The fourth-order valence-corrected chi connectivity index (χ4v) is 1.40. The van der Waals surface area contributed by atoms with Crippen LogP contribution >= 0.6 is 11.6 Å². The van der Waals surface area contributed by atoms with Gasteiger partial charge in [0.15, 0.2) is 5.82 Å². The van der Waals surface area contributed by atoms with E-state index in [0.717, 1.165) is 5.56 Å². The van der Waals surface area contributed by atoms with Gasteiger partial charge in [-0.2, -0.15) is 10.1 Å². The molecule has 6 nitrogen and oxygen atoms in total. The Balaban J connectivity index is 2.17. The first-order chi connectivity index (χ1) is 7.66. The fourth-order valence-electron chi connectivity index (χ4n) is 1.27. The second-order valence-corrected chi connectivity index (χ2v) is 3.68. The van der Waals surface area contributed by atoms with Gasteiger partial charge >= 0.3 is 0 Å². The summed E-state index contributed by atoms with van der Waals surface area (Å²) < 4.78 is 0. The van der Waals surface area contributed by atoms with Crippen molar-refractivity contribution in [3.05, 3.63) is 29.4 Å². The third-order valence-electron chi connectivity index (χ3n) is 2.16. The Labute approximate surface area is 97.2 Å². The van der Waals surface area contributed by atoms with Crippen LogP contribution in [0.5, 0.6) is 0 Å². The summed E-state index contributed by atoms with van der Waals surface area (Å²) in [5.74, 6) is 0.522. The van der Waals surface area contributed by atoms with E-state index in [0.29, 0.717) is 11.5 Å². The molecule has 1 unspecified atom stereocenters. The number of hydrogen-bond acceptors (Lipinski definition) is 5. The zero-order chi connectivity index (χ0) is 11.5. The Morgan fingerprint density at radius 3 is 3.00 bits per heavy atom. The molecule has 7 heteroatoms. The van der Waals surface area contributed by atoms with Crippen LogP contribution in [0.2, 0.25) is 5.28 Å². The van der Waals surface area contributed by atoms with Crippen LogP contribution in [0.3, 0.4) is 0 Å². The highest BCUT2D eigenvalue weighted by Crippen LogP contribution is 2.21. The molecule has 2 aromatic rings. The number of hydrogen-bond donors (Lipinski definition) is 3. The average Bonchev–Trinajstić information content (AvgIpc) is 2.76. The summed E-state index contributed by atoms with van der Waals surface area (Å²) in [5, 5.41) is 9.91. The van der Waals surface area contributed by atoms with Crippen molar-refractivity contribution >= 4 is 23.1 Å². The molecule has 0 aliphatic rings. The molecule has 0 bridgehead atoms. The normalized spacial score (nSPS) is 12.4. The molecule has 0 amide bonds. The van der Waals surface area contributed by atoms with Crippen molar-refractivity contribution in [1.82, 2.24) is 20.2 Å². The quantitative estimate of drug-likeness (QED) is 0.707. The standard InChI is InChI=1S/C9H11ClN6/c1-5(6-2-13-14-3-6)15-8-7(11)4-12-9(10)16-8/h2-5H,11H2,1H3,(H,13,14)(H,12,15,16). The summed E-state index contributed by atoms with van der Waals surface area (Å²) >= 11 is 5.69. The van der Waals surface area contributed by atoms with Gasteiger partial charge in [-0.1, -0.05) is 0 Å². The smallest absolute Gasteiger partial charge is 0.224 e. The van der Waals surface area contributed by atoms with E-state index in [9.17, 15) is 0 Å². The first-order valence-electron chi connectivity index (χ1n) is 4.70. The number of H-pyrrole nitrogens is 1. The molecule has 2 rings (SSSR count). The van der Waals surface area contributed by atoms with Crippen molar-refractivity contribution < 1.29 is 0 Å².